The third-order valence-electron chi connectivity index (χ3n) is 3.26. The van der Waals surface area contributed by atoms with Gasteiger partial charge in [-0.1, -0.05) is 6.92 Å². The number of carbonyl (C=O) groups is 1. The van der Waals surface area contributed by atoms with E-state index in [1.807, 2.05) is 6.92 Å². The number of likely N-dealkylation sites (tertiary alicyclic amines) is 1. The maximum absolute atomic E-state index is 10.9. The molecule has 1 amide bonds. The standard InChI is InChI=1S/C10H18N2O2/c1-2-10(14)6-12(7-10)5-8-3-4-9(13)11-8/h8,14H,2-7H2,1H3,(H,11,13). The Morgan fingerprint density at radius 3 is 2.86 bits per heavy atom. The van der Waals surface area contributed by atoms with E-state index < -0.39 is 5.60 Å². The first kappa shape index (κ1) is 9.93. The Labute approximate surface area is 84.3 Å². The molecule has 0 saturated carbocycles. The third-order valence-corrected chi connectivity index (χ3v) is 3.26. The van der Waals surface area contributed by atoms with Gasteiger partial charge < -0.3 is 10.4 Å². The van der Waals surface area contributed by atoms with E-state index in [1.165, 1.54) is 0 Å². The zero-order chi connectivity index (χ0) is 10.2. The molecule has 2 fully saturated rings. The molecule has 80 valence electrons. The monoisotopic (exact) mass is 198 g/mol. The largest absolute Gasteiger partial charge is 0.387 e. The highest BCUT2D eigenvalue weighted by molar-refractivity contribution is 5.78. The first-order valence-electron chi connectivity index (χ1n) is 5.35. The molecule has 0 aromatic heterocycles. The van der Waals surface area contributed by atoms with Crippen molar-refractivity contribution in [1.82, 2.24) is 10.2 Å². The van der Waals surface area contributed by atoms with Crippen molar-refractivity contribution in [2.45, 2.75) is 37.8 Å². The minimum Gasteiger partial charge on any atom is -0.387 e. The maximum atomic E-state index is 10.9. The minimum atomic E-state index is -0.456. The van der Waals surface area contributed by atoms with Crippen LogP contribution in [0.1, 0.15) is 26.2 Å². The molecule has 2 aliphatic heterocycles. The lowest BCUT2D eigenvalue weighted by atomic mass is 9.91. The van der Waals surface area contributed by atoms with E-state index in [2.05, 4.69) is 10.2 Å². The van der Waals surface area contributed by atoms with Crippen LogP contribution in [0.25, 0.3) is 0 Å². The Morgan fingerprint density at radius 2 is 2.36 bits per heavy atom. The van der Waals surface area contributed by atoms with E-state index in [0.717, 1.165) is 32.5 Å². The van der Waals surface area contributed by atoms with Crippen molar-refractivity contribution >= 4 is 5.91 Å². The van der Waals surface area contributed by atoms with Gasteiger partial charge in [0.1, 0.15) is 0 Å². The molecule has 0 aliphatic carbocycles. The van der Waals surface area contributed by atoms with Crippen molar-refractivity contribution in [3.05, 3.63) is 0 Å². The average Bonchev–Trinajstić information content (AvgIpc) is 2.48. The van der Waals surface area contributed by atoms with Crippen LogP contribution in [0.2, 0.25) is 0 Å². The van der Waals surface area contributed by atoms with Crippen LogP contribution in [0.5, 0.6) is 0 Å². The van der Waals surface area contributed by atoms with Gasteiger partial charge >= 0.3 is 0 Å². The van der Waals surface area contributed by atoms with E-state index in [4.69, 9.17) is 0 Å². The fourth-order valence-electron chi connectivity index (χ4n) is 2.26. The fraction of sp³-hybridized carbons (Fsp3) is 0.900. The van der Waals surface area contributed by atoms with Crippen LogP contribution in [0.3, 0.4) is 0 Å². The smallest absolute Gasteiger partial charge is 0.220 e. The van der Waals surface area contributed by atoms with Crippen molar-refractivity contribution in [1.29, 1.82) is 0 Å². The second kappa shape index (κ2) is 3.51. The molecule has 2 rings (SSSR count). The lowest BCUT2D eigenvalue weighted by molar-refractivity contribution is -0.120. The number of hydrogen-bond donors (Lipinski definition) is 2. The summed E-state index contributed by atoms with van der Waals surface area (Å²) in [6.45, 7) is 4.43. The first-order chi connectivity index (χ1) is 6.61. The maximum Gasteiger partial charge on any atom is 0.220 e. The number of carbonyl (C=O) groups excluding carboxylic acids is 1. The lowest BCUT2D eigenvalue weighted by Crippen LogP contribution is -2.63. The van der Waals surface area contributed by atoms with Crippen molar-refractivity contribution in [2.75, 3.05) is 19.6 Å². The zero-order valence-electron chi connectivity index (χ0n) is 8.62. The summed E-state index contributed by atoms with van der Waals surface area (Å²) < 4.78 is 0. The van der Waals surface area contributed by atoms with Gasteiger partial charge in [0.05, 0.1) is 5.60 Å². The van der Waals surface area contributed by atoms with Gasteiger partial charge in [-0.2, -0.15) is 0 Å². The molecule has 0 radical (unpaired) electrons. The van der Waals surface area contributed by atoms with Crippen molar-refractivity contribution in [3.63, 3.8) is 0 Å². The van der Waals surface area contributed by atoms with Crippen LogP contribution in [0.4, 0.5) is 0 Å². The number of β-amino-alcohol motifs (C(OH)–C–C–N with tert-alkyl or cyclic N) is 1. The molecule has 2 N–H and O–H groups in total. The van der Waals surface area contributed by atoms with Crippen LogP contribution < -0.4 is 5.32 Å². The van der Waals surface area contributed by atoms with Gasteiger partial charge in [0.15, 0.2) is 0 Å². The normalized spacial score (nSPS) is 31.3. The summed E-state index contributed by atoms with van der Waals surface area (Å²) in [5.41, 5.74) is -0.456. The molecule has 14 heavy (non-hydrogen) atoms. The van der Waals surface area contributed by atoms with Crippen molar-refractivity contribution < 1.29 is 9.90 Å². The van der Waals surface area contributed by atoms with Crippen LogP contribution in [0, 0.1) is 0 Å². The van der Waals surface area contributed by atoms with Gasteiger partial charge in [0.25, 0.3) is 0 Å². The quantitative estimate of drug-likeness (QED) is 0.656. The summed E-state index contributed by atoms with van der Waals surface area (Å²) in [5, 5.41) is 12.7. The number of amides is 1. The number of aliphatic hydroxyl groups is 1. The lowest BCUT2D eigenvalue weighted by Gasteiger charge is -2.47. The van der Waals surface area contributed by atoms with Gasteiger partial charge in [-0.25, -0.2) is 0 Å². The highest BCUT2D eigenvalue weighted by Crippen LogP contribution is 2.24. The van der Waals surface area contributed by atoms with Crippen molar-refractivity contribution in [3.8, 4) is 0 Å². The Kier molecular flexibility index (Phi) is 2.49. The molecule has 2 aliphatic rings. The summed E-state index contributed by atoms with van der Waals surface area (Å²) in [4.78, 5) is 13.2. The minimum absolute atomic E-state index is 0.168. The molecule has 2 heterocycles. The van der Waals surface area contributed by atoms with E-state index in [1.54, 1.807) is 0 Å². The van der Waals surface area contributed by atoms with Gasteiger partial charge in [-0.3, -0.25) is 9.69 Å². The summed E-state index contributed by atoms with van der Waals surface area (Å²) in [6.07, 6.45) is 2.43. The molecular weight excluding hydrogens is 180 g/mol. The summed E-state index contributed by atoms with van der Waals surface area (Å²) in [6, 6.07) is 0.309. The van der Waals surface area contributed by atoms with Gasteiger partial charge in [0, 0.05) is 32.1 Å². The van der Waals surface area contributed by atoms with Crippen LogP contribution >= 0.6 is 0 Å². The summed E-state index contributed by atoms with van der Waals surface area (Å²) in [7, 11) is 0. The van der Waals surface area contributed by atoms with Gasteiger partial charge in [0.2, 0.25) is 5.91 Å². The SMILES string of the molecule is CCC1(O)CN(CC2CCC(=O)N2)C1. The third kappa shape index (κ3) is 1.91. The Balaban J connectivity index is 1.71. The molecule has 0 aromatic rings. The molecule has 1 unspecified atom stereocenters. The van der Waals surface area contributed by atoms with E-state index in [-0.39, 0.29) is 5.91 Å². The molecular formula is C10H18N2O2. The molecule has 4 nitrogen and oxygen atoms in total. The molecule has 2 saturated heterocycles. The molecule has 0 spiro atoms. The topological polar surface area (TPSA) is 52.6 Å². The van der Waals surface area contributed by atoms with Crippen molar-refractivity contribution in [2.24, 2.45) is 0 Å². The number of rotatable bonds is 3. The number of hydrogen-bond acceptors (Lipinski definition) is 3. The molecule has 0 aromatic carbocycles. The van der Waals surface area contributed by atoms with Crippen LogP contribution in [-0.4, -0.2) is 47.2 Å². The van der Waals surface area contributed by atoms with Crippen LogP contribution in [-0.2, 0) is 4.79 Å². The fourth-order valence-corrected chi connectivity index (χ4v) is 2.26. The molecule has 0 bridgehead atoms. The Morgan fingerprint density at radius 1 is 1.64 bits per heavy atom. The average molecular weight is 198 g/mol. The second-order valence-corrected chi connectivity index (χ2v) is 4.55. The second-order valence-electron chi connectivity index (χ2n) is 4.55. The molecule has 4 heteroatoms. The number of nitrogens with one attached hydrogen (secondary N) is 1. The van der Waals surface area contributed by atoms with E-state index in [9.17, 15) is 9.90 Å². The van der Waals surface area contributed by atoms with Crippen LogP contribution in [0.15, 0.2) is 0 Å². The summed E-state index contributed by atoms with van der Waals surface area (Å²) >= 11 is 0. The zero-order valence-corrected chi connectivity index (χ0v) is 8.62. The highest BCUT2D eigenvalue weighted by atomic mass is 16.3. The van der Waals surface area contributed by atoms with E-state index in [0.29, 0.717) is 12.5 Å². The molecule has 1 atom stereocenters. The highest BCUT2D eigenvalue weighted by Gasteiger charge is 2.40. The summed E-state index contributed by atoms with van der Waals surface area (Å²) in [5.74, 6) is 0.168. The predicted octanol–water partition coefficient (Wildman–Crippen LogP) is -0.278. The van der Waals surface area contributed by atoms with Gasteiger partial charge in [-0.05, 0) is 12.8 Å². The Bertz CT molecular complexity index is 236. The van der Waals surface area contributed by atoms with Gasteiger partial charge in [-0.15, -0.1) is 0 Å². The Hall–Kier alpha value is -0.610. The predicted molar refractivity (Wildman–Crippen MR) is 52.8 cm³/mol. The van der Waals surface area contributed by atoms with E-state index >= 15 is 0 Å². The number of nitrogens with zero attached hydrogens (tertiary/aromatic N) is 1. The first-order valence-corrected chi connectivity index (χ1v) is 5.35.